The summed E-state index contributed by atoms with van der Waals surface area (Å²) in [7, 11) is -2.31. The molecule has 0 spiro atoms. The van der Waals surface area contributed by atoms with Crippen LogP contribution in [0.15, 0.2) is 59.8 Å². The number of rotatable bonds is 7. The fraction of sp³-hybridized carbons (Fsp3) is 0.238. The van der Waals surface area contributed by atoms with Crippen molar-refractivity contribution in [2.24, 2.45) is 0 Å². The molecule has 0 fully saturated rings. The van der Waals surface area contributed by atoms with Crippen molar-refractivity contribution in [2.75, 3.05) is 11.8 Å². The van der Waals surface area contributed by atoms with Gasteiger partial charge in [-0.05, 0) is 55.3 Å². The fourth-order valence-corrected chi connectivity index (χ4v) is 4.43. The third kappa shape index (κ3) is 5.08. The molecular formula is C21H22F2N4O3S. The minimum Gasteiger partial charge on any atom is -0.334 e. The van der Waals surface area contributed by atoms with Gasteiger partial charge in [-0.1, -0.05) is 12.1 Å². The molecule has 10 heteroatoms. The first-order valence-electron chi connectivity index (χ1n) is 9.34. The summed E-state index contributed by atoms with van der Waals surface area (Å²) in [6.07, 6.45) is 2.39. The Balaban J connectivity index is 1.72. The number of alkyl halides is 2. The highest BCUT2D eigenvalue weighted by molar-refractivity contribution is 7.92. The molecule has 0 bridgehead atoms. The second-order valence-corrected chi connectivity index (χ2v) is 8.79. The van der Waals surface area contributed by atoms with Crippen molar-refractivity contribution in [2.45, 2.75) is 31.8 Å². The maximum Gasteiger partial charge on any atom is 0.319 e. The number of nitrogens with zero attached hydrogens (tertiary/aromatic N) is 3. The Kier molecular flexibility index (Phi) is 6.40. The van der Waals surface area contributed by atoms with Crippen LogP contribution in [0.3, 0.4) is 0 Å². The molecule has 1 heterocycles. The zero-order chi connectivity index (χ0) is 22.8. The number of amides is 1. The first kappa shape index (κ1) is 22.4. The van der Waals surface area contributed by atoms with Crippen LogP contribution >= 0.6 is 0 Å². The largest absolute Gasteiger partial charge is 0.334 e. The number of halogens is 2. The number of carbonyl (C=O) groups excluding carboxylic acids is 1. The highest BCUT2D eigenvalue weighted by Gasteiger charge is 2.19. The zero-order valence-corrected chi connectivity index (χ0v) is 18.0. The van der Waals surface area contributed by atoms with E-state index in [4.69, 9.17) is 0 Å². The molecule has 1 amide bonds. The second-order valence-electron chi connectivity index (χ2n) is 7.14. The molecule has 0 saturated heterocycles. The third-order valence-corrected chi connectivity index (χ3v) is 6.22. The Morgan fingerprint density at radius 3 is 2.48 bits per heavy atom. The maximum absolute atomic E-state index is 12.9. The van der Waals surface area contributed by atoms with Gasteiger partial charge in [0.1, 0.15) is 5.82 Å². The first-order chi connectivity index (χ1) is 14.6. The van der Waals surface area contributed by atoms with Gasteiger partial charge in [-0.2, -0.15) is 8.78 Å². The van der Waals surface area contributed by atoms with E-state index in [1.54, 1.807) is 19.1 Å². The molecule has 1 N–H and O–H groups in total. The van der Waals surface area contributed by atoms with Gasteiger partial charge in [0.2, 0.25) is 0 Å². The molecule has 7 nitrogen and oxygen atoms in total. The normalized spacial score (nSPS) is 11.5. The number of anilines is 1. The molecule has 2 aromatic carbocycles. The molecule has 1 aromatic heterocycles. The molecule has 31 heavy (non-hydrogen) atoms. The van der Waals surface area contributed by atoms with E-state index in [1.807, 2.05) is 13.0 Å². The van der Waals surface area contributed by atoms with Crippen molar-refractivity contribution in [3.05, 3.63) is 77.4 Å². The fourth-order valence-electron chi connectivity index (χ4n) is 3.04. The first-order valence-corrected chi connectivity index (χ1v) is 10.8. The number of benzene rings is 2. The zero-order valence-electron chi connectivity index (χ0n) is 17.2. The Morgan fingerprint density at radius 1 is 1.16 bits per heavy atom. The summed E-state index contributed by atoms with van der Waals surface area (Å²) < 4.78 is 54.5. The van der Waals surface area contributed by atoms with E-state index in [-0.39, 0.29) is 22.8 Å². The number of carbonyl (C=O) groups is 1. The molecule has 3 aromatic rings. The monoisotopic (exact) mass is 448 g/mol. The van der Waals surface area contributed by atoms with Gasteiger partial charge in [0, 0.05) is 30.7 Å². The molecular weight excluding hydrogens is 426 g/mol. The van der Waals surface area contributed by atoms with E-state index in [9.17, 15) is 22.0 Å². The minimum absolute atomic E-state index is 0.0590. The van der Waals surface area contributed by atoms with Gasteiger partial charge in [0.05, 0.1) is 11.4 Å². The molecule has 0 unspecified atom stereocenters. The molecule has 3 rings (SSSR count). The lowest BCUT2D eigenvalue weighted by Gasteiger charge is -2.18. The van der Waals surface area contributed by atoms with Gasteiger partial charge in [-0.15, -0.1) is 0 Å². The predicted molar refractivity (Wildman–Crippen MR) is 112 cm³/mol. The number of sulfonamides is 1. The molecule has 0 saturated carbocycles. The van der Waals surface area contributed by atoms with E-state index in [2.05, 4.69) is 9.71 Å². The van der Waals surface area contributed by atoms with E-state index >= 15 is 0 Å². The Morgan fingerprint density at radius 2 is 1.84 bits per heavy atom. The van der Waals surface area contributed by atoms with Crippen LogP contribution in [0.2, 0.25) is 0 Å². The van der Waals surface area contributed by atoms with Crippen LogP contribution in [0.25, 0.3) is 0 Å². The number of aromatic nitrogens is 2. The van der Waals surface area contributed by atoms with Crippen molar-refractivity contribution in [3.63, 3.8) is 0 Å². The van der Waals surface area contributed by atoms with E-state index in [0.717, 1.165) is 11.8 Å². The van der Waals surface area contributed by atoms with Gasteiger partial charge >= 0.3 is 6.55 Å². The predicted octanol–water partition coefficient (Wildman–Crippen LogP) is 3.97. The number of aryl methyl sites for hydroxylation is 2. The minimum atomic E-state index is -3.79. The van der Waals surface area contributed by atoms with Gasteiger partial charge in [0.15, 0.2) is 0 Å². The molecule has 164 valence electrons. The van der Waals surface area contributed by atoms with Crippen molar-refractivity contribution in [1.82, 2.24) is 14.5 Å². The van der Waals surface area contributed by atoms with E-state index < -0.39 is 22.5 Å². The number of hydrogen-bond acceptors (Lipinski definition) is 4. The molecule has 0 aliphatic rings. The van der Waals surface area contributed by atoms with Crippen LogP contribution in [0.4, 0.5) is 14.5 Å². The SMILES string of the molecule is Cc1ccc(C)c(S(=O)(=O)Nc2ccc(C(=O)N(C)Cc3nccn3C(F)F)cc2)c1. The quantitative estimate of drug-likeness (QED) is 0.593. The highest BCUT2D eigenvalue weighted by atomic mass is 32.2. The average molecular weight is 448 g/mol. The topological polar surface area (TPSA) is 84.3 Å². The standard InChI is InChI=1S/C21H22F2N4O3S/c1-14-4-5-15(2)18(12-14)31(29,30)25-17-8-6-16(7-9-17)20(28)26(3)13-19-24-10-11-27(19)21(22)23/h4-12,21,25H,13H2,1-3H3. The summed E-state index contributed by atoms with van der Waals surface area (Å²) in [4.78, 5) is 17.9. The number of hydrogen-bond donors (Lipinski definition) is 1. The third-order valence-electron chi connectivity index (χ3n) is 4.70. The van der Waals surface area contributed by atoms with Crippen LogP contribution < -0.4 is 4.72 Å². The van der Waals surface area contributed by atoms with Crippen molar-refractivity contribution >= 4 is 21.6 Å². The van der Waals surface area contributed by atoms with Crippen LogP contribution in [-0.4, -0.2) is 35.8 Å². The number of imidazole rings is 1. The lowest BCUT2D eigenvalue weighted by atomic mass is 10.2. The molecule has 0 aliphatic heterocycles. The smallest absolute Gasteiger partial charge is 0.319 e. The Bertz CT molecular complexity index is 1190. The van der Waals surface area contributed by atoms with Crippen molar-refractivity contribution < 1.29 is 22.0 Å². The van der Waals surface area contributed by atoms with E-state index in [1.165, 1.54) is 42.4 Å². The lowest BCUT2D eigenvalue weighted by molar-refractivity contribution is 0.0612. The van der Waals surface area contributed by atoms with E-state index in [0.29, 0.717) is 15.8 Å². The average Bonchev–Trinajstić information content (AvgIpc) is 3.18. The summed E-state index contributed by atoms with van der Waals surface area (Å²) in [6.45, 7) is 0.677. The summed E-state index contributed by atoms with van der Waals surface area (Å²) in [6, 6.07) is 11.1. The van der Waals surface area contributed by atoms with Crippen LogP contribution in [0, 0.1) is 13.8 Å². The van der Waals surface area contributed by atoms with Gasteiger partial charge in [0.25, 0.3) is 15.9 Å². The highest BCUT2D eigenvalue weighted by Crippen LogP contribution is 2.21. The molecule has 0 atom stereocenters. The van der Waals surface area contributed by atoms with Crippen LogP contribution in [-0.2, 0) is 16.6 Å². The lowest BCUT2D eigenvalue weighted by Crippen LogP contribution is -2.27. The van der Waals surface area contributed by atoms with Gasteiger partial charge in [-0.25, -0.2) is 13.4 Å². The summed E-state index contributed by atoms with van der Waals surface area (Å²) >= 11 is 0. The summed E-state index contributed by atoms with van der Waals surface area (Å²) in [5.41, 5.74) is 2.02. The summed E-state index contributed by atoms with van der Waals surface area (Å²) in [5.74, 6) is -0.350. The van der Waals surface area contributed by atoms with Gasteiger partial charge < -0.3 is 4.90 Å². The van der Waals surface area contributed by atoms with Crippen LogP contribution in [0.1, 0.15) is 33.9 Å². The maximum atomic E-state index is 12.9. The second kappa shape index (κ2) is 8.84. The Labute approximate surface area is 179 Å². The Hall–Kier alpha value is -3.27. The van der Waals surface area contributed by atoms with Gasteiger partial charge in [-0.3, -0.25) is 14.1 Å². The van der Waals surface area contributed by atoms with Crippen LogP contribution in [0.5, 0.6) is 0 Å². The van der Waals surface area contributed by atoms with Crippen molar-refractivity contribution in [3.8, 4) is 0 Å². The molecule has 0 aliphatic carbocycles. The number of nitrogens with one attached hydrogen (secondary N) is 1. The van der Waals surface area contributed by atoms with Crippen molar-refractivity contribution in [1.29, 1.82) is 0 Å². The molecule has 0 radical (unpaired) electrons. The summed E-state index contributed by atoms with van der Waals surface area (Å²) in [5, 5.41) is 0.